The molecule has 0 bridgehead atoms. The summed E-state index contributed by atoms with van der Waals surface area (Å²) in [5, 5.41) is 0. The summed E-state index contributed by atoms with van der Waals surface area (Å²) in [6, 6.07) is 3.62. The first-order chi connectivity index (χ1) is 6.79. The highest BCUT2D eigenvalue weighted by molar-refractivity contribution is 5.21. The molecule has 2 aromatic rings. The molecule has 2 aromatic heterocycles. The van der Waals surface area contributed by atoms with Crippen LogP contribution in [0.5, 0.6) is 0 Å². The maximum absolute atomic E-state index is 6.05. The van der Waals surface area contributed by atoms with Crippen LogP contribution in [0.15, 0.2) is 36.9 Å². The zero-order chi connectivity index (χ0) is 9.97. The third-order valence-electron chi connectivity index (χ3n) is 2.20. The van der Waals surface area contributed by atoms with Gasteiger partial charge in [0.15, 0.2) is 0 Å². The van der Waals surface area contributed by atoms with Gasteiger partial charge in [-0.15, -0.1) is 0 Å². The highest BCUT2D eigenvalue weighted by Gasteiger charge is 2.12. The minimum Gasteiger partial charge on any atom is -0.336 e. The number of imidazole rings is 1. The van der Waals surface area contributed by atoms with Gasteiger partial charge in [-0.05, 0) is 17.7 Å². The van der Waals surface area contributed by atoms with Crippen LogP contribution >= 0.6 is 0 Å². The van der Waals surface area contributed by atoms with E-state index in [1.807, 2.05) is 29.9 Å². The zero-order valence-corrected chi connectivity index (χ0v) is 7.96. The van der Waals surface area contributed by atoms with Crippen molar-refractivity contribution in [3.05, 3.63) is 48.3 Å². The molecule has 2 heterocycles. The van der Waals surface area contributed by atoms with E-state index in [2.05, 4.69) is 9.97 Å². The molecule has 0 radical (unpaired) electrons. The molecule has 0 aliphatic carbocycles. The quantitative estimate of drug-likeness (QED) is 0.760. The van der Waals surface area contributed by atoms with E-state index < -0.39 is 0 Å². The predicted octanol–water partition coefficient (Wildman–Crippen LogP) is 0.863. The molecule has 2 rings (SSSR count). The van der Waals surface area contributed by atoms with Crippen molar-refractivity contribution in [2.45, 2.75) is 6.04 Å². The van der Waals surface area contributed by atoms with Gasteiger partial charge in [0.05, 0.1) is 6.04 Å². The molecule has 0 aliphatic rings. The van der Waals surface area contributed by atoms with E-state index in [4.69, 9.17) is 5.73 Å². The van der Waals surface area contributed by atoms with Crippen molar-refractivity contribution in [2.24, 2.45) is 12.8 Å². The van der Waals surface area contributed by atoms with E-state index >= 15 is 0 Å². The van der Waals surface area contributed by atoms with E-state index in [1.165, 1.54) is 0 Å². The Balaban J connectivity index is 2.34. The molecular weight excluding hydrogens is 176 g/mol. The normalized spacial score (nSPS) is 12.7. The van der Waals surface area contributed by atoms with Crippen molar-refractivity contribution < 1.29 is 0 Å². The average molecular weight is 188 g/mol. The molecule has 0 saturated carbocycles. The van der Waals surface area contributed by atoms with Crippen LogP contribution in [0.1, 0.15) is 17.4 Å². The monoisotopic (exact) mass is 188 g/mol. The third-order valence-corrected chi connectivity index (χ3v) is 2.20. The summed E-state index contributed by atoms with van der Waals surface area (Å²) in [6.45, 7) is 0. The molecular formula is C10H12N4. The standard InChI is InChI=1S/C10H12N4/c1-14-7-6-13-10(14)9(11)8-2-4-12-5-3-8/h2-7,9H,11H2,1H3. The third kappa shape index (κ3) is 1.52. The smallest absolute Gasteiger partial charge is 0.129 e. The molecule has 0 fully saturated rings. The predicted molar refractivity (Wildman–Crippen MR) is 53.5 cm³/mol. The SMILES string of the molecule is Cn1ccnc1C(N)c1ccncc1. The Labute approximate surface area is 82.4 Å². The second-order valence-electron chi connectivity index (χ2n) is 3.15. The number of nitrogens with two attached hydrogens (primary N) is 1. The fourth-order valence-electron chi connectivity index (χ4n) is 1.40. The number of hydrogen-bond acceptors (Lipinski definition) is 3. The highest BCUT2D eigenvalue weighted by atomic mass is 15.1. The molecule has 0 amide bonds. The van der Waals surface area contributed by atoms with Gasteiger partial charge in [0.1, 0.15) is 5.82 Å². The van der Waals surface area contributed by atoms with Gasteiger partial charge in [-0.2, -0.15) is 0 Å². The van der Waals surface area contributed by atoms with Gasteiger partial charge >= 0.3 is 0 Å². The number of aryl methyl sites for hydroxylation is 1. The number of rotatable bonds is 2. The first-order valence-corrected chi connectivity index (χ1v) is 4.42. The molecule has 1 unspecified atom stereocenters. The van der Waals surface area contributed by atoms with Crippen LogP contribution in [0.4, 0.5) is 0 Å². The maximum atomic E-state index is 6.05. The van der Waals surface area contributed by atoms with E-state index in [0.717, 1.165) is 11.4 Å². The van der Waals surface area contributed by atoms with Gasteiger partial charge in [0, 0.05) is 31.8 Å². The Hall–Kier alpha value is -1.68. The molecule has 1 atom stereocenters. The molecule has 0 aromatic carbocycles. The first kappa shape index (κ1) is 8.90. The second-order valence-corrected chi connectivity index (χ2v) is 3.15. The molecule has 4 heteroatoms. The van der Waals surface area contributed by atoms with Crippen LogP contribution in [-0.4, -0.2) is 14.5 Å². The van der Waals surface area contributed by atoms with E-state index in [9.17, 15) is 0 Å². The topological polar surface area (TPSA) is 56.7 Å². The van der Waals surface area contributed by atoms with Crippen molar-refractivity contribution in [2.75, 3.05) is 0 Å². The Morgan fingerprint density at radius 3 is 2.57 bits per heavy atom. The summed E-state index contributed by atoms with van der Waals surface area (Å²) in [6.07, 6.45) is 7.10. The molecule has 0 spiro atoms. The summed E-state index contributed by atoms with van der Waals surface area (Å²) in [5.74, 6) is 0.858. The van der Waals surface area contributed by atoms with Crippen LogP contribution < -0.4 is 5.73 Å². The minimum atomic E-state index is -0.182. The van der Waals surface area contributed by atoms with Gasteiger partial charge in [0.2, 0.25) is 0 Å². The van der Waals surface area contributed by atoms with Gasteiger partial charge in [-0.1, -0.05) is 0 Å². The molecule has 72 valence electrons. The van der Waals surface area contributed by atoms with Crippen LogP contribution in [0.25, 0.3) is 0 Å². The maximum Gasteiger partial charge on any atom is 0.129 e. The molecule has 0 saturated heterocycles. The van der Waals surface area contributed by atoms with Crippen molar-refractivity contribution in [1.82, 2.24) is 14.5 Å². The lowest BCUT2D eigenvalue weighted by molar-refractivity contribution is 0.716. The van der Waals surface area contributed by atoms with Gasteiger partial charge < -0.3 is 10.3 Å². The lowest BCUT2D eigenvalue weighted by atomic mass is 10.1. The first-order valence-electron chi connectivity index (χ1n) is 4.42. The molecule has 14 heavy (non-hydrogen) atoms. The summed E-state index contributed by atoms with van der Waals surface area (Å²) in [7, 11) is 1.93. The van der Waals surface area contributed by atoms with Crippen LogP contribution in [-0.2, 0) is 7.05 Å². The number of nitrogens with zero attached hydrogens (tertiary/aromatic N) is 3. The zero-order valence-electron chi connectivity index (χ0n) is 7.96. The van der Waals surface area contributed by atoms with Crippen LogP contribution in [0, 0.1) is 0 Å². The number of pyridine rings is 1. The fraction of sp³-hybridized carbons (Fsp3) is 0.200. The Bertz CT molecular complexity index is 407. The number of hydrogen-bond donors (Lipinski definition) is 1. The van der Waals surface area contributed by atoms with Crippen molar-refractivity contribution in [1.29, 1.82) is 0 Å². The van der Waals surface area contributed by atoms with Crippen molar-refractivity contribution in [3.63, 3.8) is 0 Å². The van der Waals surface area contributed by atoms with Gasteiger partial charge in [0.25, 0.3) is 0 Å². The van der Waals surface area contributed by atoms with Crippen molar-refractivity contribution in [3.8, 4) is 0 Å². The number of aromatic nitrogens is 3. The summed E-state index contributed by atoms with van der Waals surface area (Å²) in [4.78, 5) is 8.16. The second kappa shape index (κ2) is 3.59. The van der Waals surface area contributed by atoms with Crippen LogP contribution in [0.2, 0.25) is 0 Å². The summed E-state index contributed by atoms with van der Waals surface area (Å²) in [5.41, 5.74) is 7.07. The van der Waals surface area contributed by atoms with E-state index in [-0.39, 0.29) is 6.04 Å². The molecule has 2 N–H and O–H groups in total. The lowest BCUT2D eigenvalue weighted by Gasteiger charge is -2.11. The summed E-state index contributed by atoms with van der Waals surface area (Å²) >= 11 is 0. The van der Waals surface area contributed by atoms with Gasteiger partial charge in [-0.25, -0.2) is 4.98 Å². The average Bonchev–Trinajstić information content (AvgIpc) is 2.65. The van der Waals surface area contributed by atoms with Crippen molar-refractivity contribution >= 4 is 0 Å². The van der Waals surface area contributed by atoms with E-state index in [0.29, 0.717) is 0 Å². The highest BCUT2D eigenvalue weighted by Crippen LogP contribution is 2.15. The minimum absolute atomic E-state index is 0.182. The van der Waals surface area contributed by atoms with E-state index in [1.54, 1.807) is 18.6 Å². The Kier molecular flexibility index (Phi) is 2.28. The van der Waals surface area contributed by atoms with Gasteiger partial charge in [-0.3, -0.25) is 4.98 Å². The molecule has 0 aliphatic heterocycles. The fourth-order valence-corrected chi connectivity index (χ4v) is 1.40. The Morgan fingerprint density at radius 2 is 2.00 bits per heavy atom. The largest absolute Gasteiger partial charge is 0.336 e. The van der Waals surface area contributed by atoms with Crippen LogP contribution in [0.3, 0.4) is 0 Å². The lowest BCUT2D eigenvalue weighted by Crippen LogP contribution is -2.16. The Morgan fingerprint density at radius 1 is 1.29 bits per heavy atom. The summed E-state index contributed by atoms with van der Waals surface area (Å²) < 4.78 is 1.92. The molecule has 4 nitrogen and oxygen atoms in total.